The maximum Gasteiger partial charge on any atom is 0.322 e. The Hall–Kier alpha value is -3.67. The normalized spacial score (nSPS) is 19.3. The van der Waals surface area contributed by atoms with E-state index in [0.29, 0.717) is 12.8 Å². The van der Waals surface area contributed by atoms with Crippen LogP contribution >= 0.6 is 0 Å². The van der Waals surface area contributed by atoms with Crippen LogP contribution in [0.2, 0.25) is 0 Å². The number of hydrogen-bond acceptors (Lipinski definition) is 4. The topological polar surface area (TPSA) is 83.1 Å². The number of carbonyl (C=O) groups is 2. The molecule has 3 N–H and O–H groups in total. The lowest BCUT2D eigenvalue weighted by atomic mass is 9.96. The Kier molecular flexibility index (Phi) is 4.70. The summed E-state index contributed by atoms with van der Waals surface area (Å²) in [5.41, 5.74) is 7.17. The van der Waals surface area contributed by atoms with E-state index in [4.69, 9.17) is 0 Å². The molecule has 31 heavy (non-hydrogen) atoms. The fourth-order valence-corrected chi connectivity index (χ4v) is 4.58. The van der Waals surface area contributed by atoms with Crippen LogP contribution in [-0.2, 0) is 24.1 Å². The first-order valence-electron chi connectivity index (χ1n) is 10.5. The van der Waals surface area contributed by atoms with Crippen molar-refractivity contribution in [3.8, 4) is 11.1 Å². The Morgan fingerprint density at radius 1 is 1.03 bits per heavy atom. The molecule has 1 fully saturated rings. The standard InChI is InChI=1S/C25H24N4O2/c1-16-4-2-3-5-22(16)20-10-17(14-26-15-20)8-9-27-21-7-6-18-12-25(13-19(18)11-21)23(30)28-24(31)29-25/h2-7,10-11,14-15,27H,8-9,12-13H2,1H3,(H2,28,29,30,31). The highest BCUT2D eigenvalue weighted by Crippen LogP contribution is 2.34. The zero-order chi connectivity index (χ0) is 21.4. The number of nitrogens with one attached hydrogen (secondary N) is 3. The molecule has 1 aliphatic carbocycles. The van der Waals surface area contributed by atoms with Crippen molar-refractivity contribution in [1.82, 2.24) is 15.6 Å². The third kappa shape index (κ3) is 3.65. The number of pyridine rings is 1. The zero-order valence-corrected chi connectivity index (χ0v) is 17.4. The third-order valence-electron chi connectivity index (χ3n) is 6.20. The molecule has 6 nitrogen and oxygen atoms in total. The summed E-state index contributed by atoms with van der Waals surface area (Å²) >= 11 is 0. The van der Waals surface area contributed by atoms with Crippen molar-refractivity contribution >= 4 is 17.6 Å². The summed E-state index contributed by atoms with van der Waals surface area (Å²) < 4.78 is 0. The van der Waals surface area contributed by atoms with Gasteiger partial charge in [0.05, 0.1) is 0 Å². The minimum absolute atomic E-state index is 0.232. The molecule has 3 amide bonds. The molecular weight excluding hydrogens is 388 g/mol. The molecule has 6 heteroatoms. The van der Waals surface area contributed by atoms with Crippen LogP contribution in [0.4, 0.5) is 10.5 Å². The van der Waals surface area contributed by atoms with Gasteiger partial charge in [-0.05, 0) is 59.4 Å². The molecule has 2 aliphatic rings. The summed E-state index contributed by atoms with van der Waals surface area (Å²) in [7, 11) is 0. The second-order valence-corrected chi connectivity index (χ2v) is 8.40. The molecule has 1 saturated heterocycles. The molecule has 1 spiro atoms. The van der Waals surface area contributed by atoms with Crippen LogP contribution < -0.4 is 16.0 Å². The minimum Gasteiger partial charge on any atom is -0.385 e. The molecule has 1 aromatic heterocycles. The van der Waals surface area contributed by atoms with Crippen LogP contribution in [-0.4, -0.2) is 29.0 Å². The molecule has 5 rings (SSSR count). The van der Waals surface area contributed by atoms with Crippen molar-refractivity contribution in [3.05, 3.63) is 83.2 Å². The highest BCUT2D eigenvalue weighted by atomic mass is 16.2. The molecule has 2 heterocycles. The van der Waals surface area contributed by atoms with Gasteiger partial charge in [0, 0.05) is 43.0 Å². The lowest BCUT2D eigenvalue weighted by molar-refractivity contribution is -0.123. The Bertz CT molecular complexity index is 1190. The van der Waals surface area contributed by atoms with Gasteiger partial charge in [0.15, 0.2) is 0 Å². The van der Waals surface area contributed by atoms with Crippen LogP contribution in [0.1, 0.15) is 22.3 Å². The lowest BCUT2D eigenvalue weighted by Gasteiger charge is -2.18. The zero-order valence-electron chi connectivity index (χ0n) is 17.4. The van der Waals surface area contributed by atoms with Crippen LogP contribution in [0.25, 0.3) is 11.1 Å². The molecule has 1 unspecified atom stereocenters. The van der Waals surface area contributed by atoms with Crippen molar-refractivity contribution in [1.29, 1.82) is 0 Å². The first kappa shape index (κ1) is 19.3. The average Bonchev–Trinajstić information content (AvgIpc) is 3.25. The van der Waals surface area contributed by atoms with Gasteiger partial charge < -0.3 is 10.6 Å². The number of amides is 3. The first-order chi connectivity index (χ1) is 15.0. The number of aryl methyl sites for hydroxylation is 1. The number of benzene rings is 2. The maximum absolute atomic E-state index is 12.2. The van der Waals surface area contributed by atoms with Crippen molar-refractivity contribution < 1.29 is 9.59 Å². The molecular formula is C25H24N4O2. The predicted octanol–water partition coefficient (Wildman–Crippen LogP) is 3.39. The summed E-state index contributed by atoms with van der Waals surface area (Å²) in [6.45, 7) is 2.89. The van der Waals surface area contributed by atoms with Crippen LogP contribution in [0, 0.1) is 6.92 Å². The van der Waals surface area contributed by atoms with Crippen molar-refractivity contribution in [2.45, 2.75) is 31.7 Å². The number of carbonyl (C=O) groups excluding carboxylic acids is 2. The molecule has 1 aliphatic heterocycles. The summed E-state index contributed by atoms with van der Waals surface area (Å²) in [4.78, 5) is 28.2. The second kappa shape index (κ2) is 7.54. The molecule has 3 aromatic rings. The van der Waals surface area contributed by atoms with E-state index in [-0.39, 0.29) is 5.91 Å². The lowest BCUT2D eigenvalue weighted by Crippen LogP contribution is -2.47. The van der Waals surface area contributed by atoms with E-state index in [1.807, 2.05) is 30.6 Å². The monoisotopic (exact) mass is 412 g/mol. The summed E-state index contributed by atoms with van der Waals surface area (Å²) in [6, 6.07) is 16.3. The van der Waals surface area contributed by atoms with Gasteiger partial charge in [-0.2, -0.15) is 0 Å². The first-order valence-corrected chi connectivity index (χ1v) is 10.5. The van der Waals surface area contributed by atoms with Gasteiger partial charge in [-0.1, -0.05) is 30.3 Å². The van der Waals surface area contributed by atoms with Gasteiger partial charge in [0.2, 0.25) is 0 Å². The minimum atomic E-state index is -0.820. The van der Waals surface area contributed by atoms with E-state index in [2.05, 4.69) is 58.2 Å². The predicted molar refractivity (Wildman–Crippen MR) is 120 cm³/mol. The SMILES string of the molecule is Cc1ccccc1-c1cncc(CCNc2ccc3c(c2)CC2(C3)NC(=O)NC2=O)c1. The number of hydrogen-bond donors (Lipinski definition) is 3. The quantitative estimate of drug-likeness (QED) is 0.561. The molecule has 0 saturated carbocycles. The fourth-order valence-electron chi connectivity index (χ4n) is 4.58. The summed E-state index contributed by atoms with van der Waals surface area (Å²) in [5.74, 6) is -0.232. The van der Waals surface area contributed by atoms with Gasteiger partial charge in [0.25, 0.3) is 5.91 Å². The molecule has 156 valence electrons. The molecule has 1 atom stereocenters. The van der Waals surface area contributed by atoms with Crippen LogP contribution in [0.15, 0.2) is 60.9 Å². The van der Waals surface area contributed by atoms with Crippen molar-refractivity contribution in [3.63, 3.8) is 0 Å². The molecule has 2 aromatic carbocycles. The Morgan fingerprint density at radius 2 is 1.87 bits per heavy atom. The number of nitrogens with zero attached hydrogens (tertiary/aromatic N) is 1. The van der Waals surface area contributed by atoms with E-state index in [1.54, 1.807) is 0 Å². The molecule has 0 bridgehead atoms. The largest absolute Gasteiger partial charge is 0.385 e. The fraction of sp³-hybridized carbons (Fsp3) is 0.240. The smallest absolute Gasteiger partial charge is 0.322 e. The number of imide groups is 1. The number of rotatable bonds is 5. The van der Waals surface area contributed by atoms with E-state index < -0.39 is 11.6 Å². The van der Waals surface area contributed by atoms with Gasteiger partial charge in [-0.25, -0.2) is 4.79 Å². The van der Waals surface area contributed by atoms with Gasteiger partial charge in [-0.3, -0.25) is 15.1 Å². The van der Waals surface area contributed by atoms with E-state index in [9.17, 15) is 9.59 Å². The van der Waals surface area contributed by atoms with Crippen LogP contribution in [0.5, 0.6) is 0 Å². The van der Waals surface area contributed by atoms with Crippen molar-refractivity contribution in [2.75, 3.05) is 11.9 Å². The third-order valence-corrected chi connectivity index (χ3v) is 6.20. The Labute approximate surface area is 181 Å². The van der Waals surface area contributed by atoms with E-state index >= 15 is 0 Å². The highest BCUT2D eigenvalue weighted by molar-refractivity contribution is 6.07. The number of fused-ring (bicyclic) bond motifs is 1. The van der Waals surface area contributed by atoms with Crippen molar-refractivity contribution in [2.24, 2.45) is 0 Å². The van der Waals surface area contributed by atoms with Gasteiger partial charge in [0.1, 0.15) is 5.54 Å². The van der Waals surface area contributed by atoms with Gasteiger partial charge >= 0.3 is 6.03 Å². The number of aromatic nitrogens is 1. The van der Waals surface area contributed by atoms with E-state index in [1.165, 1.54) is 16.7 Å². The van der Waals surface area contributed by atoms with Crippen LogP contribution in [0.3, 0.4) is 0 Å². The maximum atomic E-state index is 12.2. The summed E-state index contributed by atoms with van der Waals surface area (Å²) in [6.07, 6.45) is 5.74. The Balaban J connectivity index is 1.24. The number of urea groups is 1. The second-order valence-electron chi connectivity index (χ2n) is 8.40. The Morgan fingerprint density at radius 3 is 2.68 bits per heavy atom. The van der Waals surface area contributed by atoms with E-state index in [0.717, 1.165) is 35.3 Å². The molecule has 0 radical (unpaired) electrons. The number of anilines is 1. The summed E-state index contributed by atoms with van der Waals surface area (Å²) in [5, 5.41) is 8.64. The average molecular weight is 412 g/mol. The highest BCUT2D eigenvalue weighted by Gasteiger charge is 2.49. The van der Waals surface area contributed by atoms with Gasteiger partial charge in [-0.15, -0.1) is 0 Å².